The first kappa shape index (κ1) is 11.3. The molecule has 0 spiro atoms. The Hall–Kier alpha value is -1.23. The van der Waals surface area contributed by atoms with Gasteiger partial charge in [-0.1, -0.05) is 0 Å². The highest BCUT2D eigenvalue weighted by Gasteiger charge is 2.17. The molecule has 0 amide bonds. The summed E-state index contributed by atoms with van der Waals surface area (Å²) in [7, 11) is 0. The summed E-state index contributed by atoms with van der Waals surface area (Å²) in [4.78, 5) is 14.8. The van der Waals surface area contributed by atoms with Crippen LogP contribution in [0.3, 0.4) is 0 Å². The zero-order valence-corrected chi connectivity index (χ0v) is 9.67. The molecule has 0 aromatic carbocycles. The smallest absolute Gasteiger partial charge is 0.356 e. The van der Waals surface area contributed by atoms with Gasteiger partial charge in [-0.25, -0.2) is 9.78 Å². The van der Waals surface area contributed by atoms with Crippen molar-refractivity contribution >= 4 is 23.4 Å². The van der Waals surface area contributed by atoms with Gasteiger partial charge in [-0.05, 0) is 30.7 Å². The van der Waals surface area contributed by atoms with Gasteiger partial charge in [0.05, 0.1) is 5.69 Å². The third-order valence-corrected chi connectivity index (χ3v) is 3.75. The minimum absolute atomic E-state index is 0.109. The van der Waals surface area contributed by atoms with E-state index in [2.05, 4.69) is 10.3 Å². The van der Waals surface area contributed by atoms with Crippen LogP contribution in [0.2, 0.25) is 0 Å². The molecule has 16 heavy (non-hydrogen) atoms. The van der Waals surface area contributed by atoms with E-state index in [0.717, 1.165) is 12.2 Å². The maximum Gasteiger partial charge on any atom is 0.356 e. The predicted molar refractivity (Wildman–Crippen MR) is 65.2 cm³/mol. The van der Waals surface area contributed by atoms with E-state index in [1.54, 1.807) is 12.1 Å². The second-order valence-electron chi connectivity index (χ2n) is 3.76. The quantitative estimate of drug-likeness (QED) is 0.844. The molecular weight excluding hydrogens is 224 g/mol. The number of carboxylic acid groups (broad SMARTS) is 1. The van der Waals surface area contributed by atoms with Crippen LogP contribution >= 0.6 is 11.8 Å². The fourth-order valence-corrected chi connectivity index (χ4v) is 2.84. The van der Waals surface area contributed by atoms with Gasteiger partial charge in [-0.3, -0.25) is 0 Å². The zero-order valence-electron chi connectivity index (χ0n) is 8.85. The van der Waals surface area contributed by atoms with E-state index in [1.807, 2.05) is 11.8 Å². The van der Waals surface area contributed by atoms with E-state index < -0.39 is 5.97 Å². The van der Waals surface area contributed by atoms with Crippen LogP contribution in [-0.2, 0) is 0 Å². The molecular formula is C11H14N2O2S. The third kappa shape index (κ3) is 2.66. The van der Waals surface area contributed by atoms with Crippen LogP contribution in [-0.4, -0.2) is 33.6 Å². The fourth-order valence-electron chi connectivity index (χ4n) is 1.77. The second-order valence-corrected chi connectivity index (χ2v) is 4.91. The largest absolute Gasteiger partial charge is 0.476 e. The Morgan fingerprint density at radius 2 is 2.50 bits per heavy atom. The molecule has 1 aliphatic heterocycles. The Morgan fingerprint density at radius 3 is 3.19 bits per heavy atom. The summed E-state index contributed by atoms with van der Waals surface area (Å²) in [5.74, 6) is 1.26. The average molecular weight is 238 g/mol. The number of hydrogen-bond acceptors (Lipinski definition) is 4. The number of nitrogens with zero attached hydrogens (tertiary/aromatic N) is 1. The number of aromatic nitrogens is 1. The molecule has 4 nitrogen and oxygen atoms in total. The van der Waals surface area contributed by atoms with Crippen LogP contribution in [0.25, 0.3) is 0 Å². The summed E-state index contributed by atoms with van der Waals surface area (Å²) < 4.78 is 0. The van der Waals surface area contributed by atoms with Gasteiger partial charge in [0, 0.05) is 18.0 Å². The van der Waals surface area contributed by atoms with E-state index in [1.165, 1.54) is 18.4 Å². The van der Waals surface area contributed by atoms with Crippen molar-refractivity contribution in [1.82, 2.24) is 4.98 Å². The maximum atomic E-state index is 11.0. The van der Waals surface area contributed by atoms with Crippen molar-refractivity contribution in [2.75, 3.05) is 16.8 Å². The van der Waals surface area contributed by atoms with Crippen molar-refractivity contribution in [2.45, 2.75) is 18.9 Å². The standard InChI is InChI=1S/C11H14N2O2S/c14-11(15)10-9(4-1-5-12-10)13-8-3-2-6-16-7-8/h1,4-5,8,13H,2-3,6-7H2,(H,14,15). The molecule has 1 aromatic rings. The predicted octanol–water partition coefficient (Wildman–Crippen LogP) is 2.09. The molecule has 0 radical (unpaired) electrons. The molecule has 1 saturated heterocycles. The molecule has 86 valence electrons. The summed E-state index contributed by atoms with van der Waals surface area (Å²) in [6, 6.07) is 3.89. The van der Waals surface area contributed by atoms with Gasteiger partial charge in [0.2, 0.25) is 0 Å². The van der Waals surface area contributed by atoms with E-state index in [-0.39, 0.29) is 5.69 Å². The van der Waals surface area contributed by atoms with Crippen LogP contribution < -0.4 is 5.32 Å². The lowest BCUT2D eigenvalue weighted by Gasteiger charge is -2.23. The second kappa shape index (κ2) is 5.21. The number of rotatable bonds is 3. The van der Waals surface area contributed by atoms with E-state index in [0.29, 0.717) is 11.7 Å². The monoisotopic (exact) mass is 238 g/mol. The number of pyridine rings is 1. The molecule has 0 saturated carbocycles. The Balaban J connectivity index is 2.10. The number of aromatic carboxylic acids is 1. The highest BCUT2D eigenvalue weighted by atomic mass is 32.2. The summed E-state index contributed by atoms with van der Waals surface area (Å²) >= 11 is 1.91. The van der Waals surface area contributed by atoms with Gasteiger partial charge in [0.1, 0.15) is 0 Å². The highest BCUT2D eigenvalue weighted by molar-refractivity contribution is 7.99. The Morgan fingerprint density at radius 1 is 1.62 bits per heavy atom. The van der Waals surface area contributed by atoms with E-state index in [9.17, 15) is 4.79 Å². The number of thioether (sulfide) groups is 1. The number of anilines is 1. The van der Waals surface area contributed by atoms with Crippen molar-refractivity contribution in [3.8, 4) is 0 Å². The van der Waals surface area contributed by atoms with E-state index in [4.69, 9.17) is 5.11 Å². The molecule has 1 unspecified atom stereocenters. The fraction of sp³-hybridized carbons (Fsp3) is 0.455. The molecule has 2 N–H and O–H groups in total. The molecule has 0 aliphatic carbocycles. The van der Waals surface area contributed by atoms with Crippen LogP contribution in [0.15, 0.2) is 18.3 Å². The van der Waals surface area contributed by atoms with Crippen LogP contribution in [0.4, 0.5) is 5.69 Å². The van der Waals surface area contributed by atoms with Gasteiger partial charge in [-0.15, -0.1) is 0 Å². The number of hydrogen-bond donors (Lipinski definition) is 2. The van der Waals surface area contributed by atoms with Gasteiger partial charge < -0.3 is 10.4 Å². The van der Waals surface area contributed by atoms with Crippen molar-refractivity contribution in [2.24, 2.45) is 0 Å². The minimum atomic E-state index is -0.980. The van der Waals surface area contributed by atoms with Crippen LogP contribution in [0.1, 0.15) is 23.3 Å². The molecule has 1 aromatic heterocycles. The first-order chi connectivity index (χ1) is 7.77. The normalized spacial score (nSPS) is 20.4. The van der Waals surface area contributed by atoms with E-state index >= 15 is 0 Å². The summed E-state index contributed by atoms with van der Waals surface area (Å²) in [5, 5.41) is 12.3. The first-order valence-corrected chi connectivity index (χ1v) is 6.45. The summed E-state index contributed by atoms with van der Waals surface area (Å²) in [5.41, 5.74) is 0.737. The third-order valence-electron chi connectivity index (χ3n) is 2.53. The highest BCUT2D eigenvalue weighted by Crippen LogP contribution is 2.22. The Kier molecular flexibility index (Phi) is 3.66. The Labute approximate surface area is 98.5 Å². The number of nitrogens with one attached hydrogen (secondary N) is 1. The summed E-state index contributed by atoms with van der Waals surface area (Å²) in [6.45, 7) is 0. The lowest BCUT2D eigenvalue weighted by Crippen LogP contribution is -2.26. The molecule has 1 atom stereocenters. The summed E-state index contributed by atoms with van der Waals surface area (Å²) in [6.07, 6.45) is 3.79. The minimum Gasteiger partial charge on any atom is -0.476 e. The van der Waals surface area contributed by atoms with Gasteiger partial charge in [0.25, 0.3) is 0 Å². The lowest BCUT2D eigenvalue weighted by molar-refractivity contribution is 0.0691. The lowest BCUT2D eigenvalue weighted by atomic mass is 10.1. The van der Waals surface area contributed by atoms with Gasteiger partial charge in [0.15, 0.2) is 5.69 Å². The molecule has 1 aliphatic rings. The van der Waals surface area contributed by atoms with Crippen LogP contribution in [0.5, 0.6) is 0 Å². The van der Waals surface area contributed by atoms with Gasteiger partial charge in [-0.2, -0.15) is 11.8 Å². The molecule has 5 heteroatoms. The van der Waals surface area contributed by atoms with Crippen molar-refractivity contribution < 1.29 is 9.90 Å². The van der Waals surface area contributed by atoms with Gasteiger partial charge >= 0.3 is 5.97 Å². The molecule has 0 bridgehead atoms. The van der Waals surface area contributed by atoms with Crippen molar-refractivity contribution in [3.63, 3.8) is 0 Å². The molecule has 1 fully saturated rings. The van der Waals surface area contributed by atoms with Crippen molar-refractivity contribution in [3.05, 3.63) is 24.0 Å². The topological polar surface area (TPSA) is 62.2 Å². The SMILES string of the molecule is O=C(O)c1ncccc1NC1CCCSC1. The number of carbonyl (C=O) groups is 1. The maximum absolute atomic E-state index is 11.0. The number of carboxylic acids is 1. The molecule has 2 rings (SSSR count). The first-order valence-electron chi connectivity index (χ1n) is 5.30. The average Bonchev–Trinajstić information content (AvgIpc) is 2.31. The van der Waals surface area contributed by atoms with Crippen LogP contribution in [0, 0.1) is 0 Å². The molecule has 2 heterocycles. The zero-order chi connectivity index (χ0) is 11.4. The Bertz CT molecular complexity index is 378. The van der Waals surface area contributed by atoms with Crippen molar-refractivity contribution in [1.29, 1.82) is 0 Å².